The van der Waals surface area contributed by atoms with E-state index < -0.39 is 7.60 Å². The van der Waals surface area contributed by atoms with Crippen LogP contribution in [-0.2, 0) is 19.8 Å². The fraction of sp³-hybridized carbons (Fsp3) is 0.500. The first-order valence-electron chi connectivity index (χ1n) is 5.05. The van der Waals surface area contributed by atoms with Crippen LogP contribution in [0.4, 0.5) is 0 Å². The van der Waals surface area contributed by atoms with Crippen LogP contribution < -0.4 is 0 Å². The molecular weight excluding hydrogens is 247 g/mol. The van der Waals surface area contributed by atoms with E-state index in [0.29, 0.717) is 18.1 Å². The molecule has 1 rings (SSSR count). The van der Waals surface area contributed by atoms with Gasteiger partial charge in [-0.3, -0.25) is 9.36 Å². The van der Waals surface area contributed by atoms with Crippen molar-refractivity contribution in [3.63, 3.8) is 0 Å². The predicted octanol–water partition coefficient (Wildman–Crippen LogP) is 3.33. The van der Waals surface area contributed by atoms with Crippen molar-refractivity contribution in [2.24, 2.45) is 0 Å². The Balaban J connectivity index is 2.74. The van der Waals surface area contributed by atoms with Crippen LogP contribution in [0.1, 0.15) is 28.4 Å². The molecule has 0 aliphatic heterocycles. The molecule has 0 saturated heterocycles. The number of thiophene rings is 1. The van der Waals surface area contributed by atoms with E-state index in [2.05, 4.69) is 0 Å². The van der Waals surface area contributed by atoms with Crippen LogP contribution in [0, 0.1) is 0 Å². The van der Waals surface area contributed by atoms with E-state index in [1.165, 1.54) is 11.3 Å². The van der Waals surface area contributed by atoms with Crippen molar-refractivity contribution in [1.82, 2.24) is 0 Å². The number of aldehydes is 1. The minimum absolute atomic E-state index is 0.229. The zero-order valence-corrected chi connectivity index (χ0v) is 11.1. The molecule has 0 aliphatic rings. The first-order valence-corrected chi connectivity index (χ1v) is 7.60. The third-order valence-corrected chi connectivity index (χ3v) is 5.06. The Labute approximate surface area is 99.1 Å². The number of rotatable bonds is 7. The third kappa shape index (κ3) is 3.83. The van der Waals surface area contributed by atoms with Gasteiger partial charge >= 0.3 is 7.60 Å². The highest BCUT2D eigenvalue weighted by molar-refractivity contribution is 7.53. The van der Waals surface area contributed by atoms with Gasteiger partial charge in [-0.05, 0) is 26.0 Å². The molecule has 1 aromatic heterocycles. The Hall–Kier alpha value is -0.480. The van der Waals surface area contributed by atoms with E-state index in [1.807, 2.05) is 0 Å². The van der Waals surface area contributed by atoms with Crippen molar-refractivity contribution in [1.29, 1.82) is 0 Å². The molecule has 0 radical (unpaired) electrons. The summed E-state index contributed by atoms with van der Waals surface area (Å²) in [5.41, 5.74) is 0. The molecule has 0 bridgehead atoms. The van der Waals surface area contributed by atoms with Crippen molar-refractivity contribution in [3.8, 4) is 0 Å². The SMILES string of the molecule is CCOP(=O)(Cc1ccc(C=O)s1)OCC. The summed E-state index contributed by atoms with van der Waals surface area (Å²) < 4.78 is 22.5. The lowest BCUT2D eigenvalue weighted by atomic mass is 10.4. The molecule has 6 heteroatoms. The lowest BCUT2D eigenvalue weighted by Crippen LogP contribution is -1.97. The van der Waals surface area contributed by atoms with Crippen LogP contribution in [0.15, 0.2) is 12.1 Å². The Morgan fingerprint density at radius 1 is 1.31 bits per heavy atom. The first-order chi connectivity index (χ1) is 7.63. The van der Waals surface area contributed by atoms with Crippen LogP contribution in [0.2, 0.25) is 0 Å². The highest BCUT2D eigenvalue weighted by Crippen LogP contribution is 2.52. The highest BCUT2D eigenvalue weighted by atomic mass is 32.1. The lowest BCUT2D eigenvalue weighted by molar-refractivity contribution is 0.112. The monoisotopic (exact) mass is 262 g/mol. The molecule has 0 N–H and O–H groups in total. The molecule has 0 atom stereocenters. The molecule has 0 fully saturated rings. The van der Waals surface area contributed by atoms with Gasteiger partial charge in [0.15, 0.2) is 6.29 Å². The Morgan fingerprint density at radius 3 is 2.38 bits per heavy atom. The maximum Gasteiger partial charge on any atom is 0.335 e. The summed E-state index contributed by atoms with van der Waals surface area (Å²) in [6.07, 6.45) is 1.01. The number of carbonyl (C=O) groups is 1. The van der Waals surface area contributed by atoms with Crippen LogP contribution in [0.5, 0.6) is 0 Å². The van der Waals surface area contributed by atoms with Gasteiger partial charge in [0.05, 0.1) is 24.3 Å². The van der Waals surface area contributed by atoms with Crippen molar-refractivity contribution in [3.05, 3.63) is 21.9 Å². The minimum Gasteiger partial charge on any atom is -0.309 e. The Bertz CT molecular complexity index is 378. The summed E-state index contributed by atoms with van der Waals surface area (Å²) in [5, 5.41) is 0. The number of hydrogen-bond acceptors (Lipinski definition) is 5. The van der Waals surface area contributed by atoms with Gasteiger partial charge in [-0.1, -0.05) is 0 Å². The lowest BCUT2D eigenvalue weighted by Gasteiger charge is -2.15. The van der Waals surface area contributed by atoms with Crippen LogP contribution in [0.25, 0.3) is 0 Å². The van der Waals surface area contributed by atoms with Gasteiger partial charge in [0.1, 0.15) is 0 Å². The number of carbonyl (C=O) groups excluding carboxylic acids is 1. The molecule has 0 amide bonds. The molecule has 1 aromatic rings. The molecule has 90 valence electrons. The Kier molecular flexibility index (Phi) is 5.35. The van der Waals surface area contributed by atoms with Crippen LogP contribution >= 0.6 is 18.9 Å². The fourth-order valence-corrected chi connectivity index (χ4v) is 4.14. The van der Waals surface area contributed by atoms with Gasteiger partial charge in [0.2, 0.25) is 0 Å². The molecule has 16 heavy (non-hydrogen) atoms. The zero-order valence-electron chi connectivity index (χ0n) is 9.34. The van der Waals surface area contributed by atoms with Gasteiger partial charge in [-0.25, -0.2) is 0 Å². The minimum atomic E-state index is -3.04. The second kappa shape index (κ2) is 6.30. The van der Waals surface area contributed by atoms with Crippen molar-refractivity contribution >= 4 is 25.2 Å². The number of hydrogen-bond donors (Lipinski definition) is 0. The largest absolute Gasteiger partial charge is 0.335 e. The molecule has 0 aliphatic carbocycles. The van der Waals surface area contributed by atoms with Gasteiger partial charge in [0, 0.05) is 4.88 Å². The van der Waals surface area contributed by atoms with E-state index >= 15 is 0 Å². The van der Waals surface area contributed by atoms with E-state index in [-0.39, 0.29) is 6.16 Å². The first kappa shape index (κ1) is 13.6. The van der Waals surface area contributed by atoms with Gasteiger partial charge < -0.3 is 9.05 Å². The summed E-state index contributed by atoms with van der Waals surface area (Å²) in [7, 11) is -3.04. The maximum absolute atomic E-state index is 12.2. The molecule has 0 aromatic carbocycles. The van der Waals surface area contributed by atoms with E-state index in [4.69, 9.17) is 9.05 Å². The van der Waals surface area contributed by atoms with Gasteiger partial charge in [-0.15, -0.1) is 11.3 Å². The van der Waals surface area contributed by atoms with E-state index in [9.17, 15) is 9.36 Å². The fourth-order valence-electron chi connectivity index (χ4n) is 1.26. The molecule has 0 saturated carbocycles. The normalized spacial score (nSPS) is 11.6. The topological polar surface area (TPSA) is 52.6 Å². The standard InChI is InChI=1S/C10H15O4PS/c1-3-13-15(12,14-4-2)8-10-6-5-9(7-11)16-10/h5-7H,3-4,8H2,1-2H3. The maximum atomic E-state index is 12.2. The quantitative estimate of drug-likeness (QED) is 0.558. The van der Waals surface area contributed by atoms with Gasteiger partial charge in [0.25, 0.3) is 0 Å². The van der Waals surface area contributed by atoms with Crippen LogP contribution in [-0.4, -0.2) is 19.5 Å². The average molecular weight is 262 g/mol. The molecule has 4 nitrogen and oxygen atoms in total. The molecular formula is C10H15O4PS. The van der Waals surface area contributed by atoms with E-state index in [1.54, 1.807) is 26.0 Å². The third-order valence-electron chi connectivity index (χ3n) is 1.80. The predicted molar refractivity (Wildman–Crippen MR) is 64.3 cm³/mol. The summed E-state index contributed by atoms with van der Waals surface area (Å²) in [6.45, 7) is 4.25. The van der Waals surface area contributed by atoms with Crippen molar-refractivity contribution in [2.45, 2.75) is 20.0 Å². The average Bonchev–Trinajstić information content (AvgIpc) is 2.65. The van der Waals surface area contributed by atoms with Gasteiger partial charge in [-0.2, -0.15) is 0 Å². The summed E-state index contributed by atoms with van der Waals surface area (Å²) in [6, 6.07) is 3.48. The molecule has 0 spiro atoms. The highest BCUT2D eigenvalue weighted by Gasteiger charge is 2.24. The Morgan fingerprint density at radius 2 is 1.94 bits per heavy atom. The smallest absolute Gasteiger partial charge is 0.309 e. The summed E-state index contributed by atoms with van der Waals surface area (Å²) >= 11 is 1.31. The summed E-state index contributed by atoms with van der Waals surface area (Å²) in [4.78, 5) is 12.0. The van der Waals surface area contributed by atoms with Crippen LogP contribution in [0.3, 0.4) is 0 Å². The zero-order chi connectivity index (χ0) is 12.0. The summed E-state index contributed by atoms with van der Waals surface area (Å²) in [5.74, 6) is 0. The second-order valence-corrected chi connectivity index (χ2v) is 6.28. The van der Waals surface area contributed by atoms with E-state index in [0.717, 1.165) is 11.2 Å². The molecule has 0 unspecified atom stereocenters. The van der Waals surface area contributed by atoms with Crippen molar-refractivity contribution in [2.75, 3.05) is 13.2 Å². The van der Waals surface area contributed by atoms with Crippen molar-refractivity contribution < 1.29 is 18.4 Å². The second-order valence-electron chi connectivity index (χ2n) is 3.03. The molecule has 1 heterocycles.